The molecule has 0 spiro atoms. The van der Waals surface area contributed by atoms with E-state index in [4.69, 9.17) is 16.0 Å². The lowest BCUT2D eigenvalue weighted by molar-refractivity contribution is 0.102. The first-order valence-corrected chi connectivity index (χ1v) is 5.75. The molecule has 1 N–H and O–H groups in total. The summed E-state index contributed by atoms with van der Waals surface area (Å²) < 4.78 is 18.6. The Hall–Kier alpha value is -1.33. The summed E-state index contributed by atoms with van der Waals surface area (Å²) in [5, 5.41) is 2.52. The van der Waals surface area contributed by atoms with Crippen molar-refractivity contribution in [2.45, 2.75) is 0 Å². The van der Waals surface area contributed by atoms with Crippen LogP contribution in [-0.4, -0.2) is 5.91 Å². The summed E-state index contributed by atoms with van der Waals surface area (Å²) in [5.74, 6) is -1.09. The van der Waals surface area contributed by atoms with Gasteiger partial charge < -0.3 is 9.73 Å². The molecule has 0 aliphatic rings. The number of halogens is 3. The van der Waals surface area contributed by atoms with Crippen molar-refractivity contribution >= 4 is 39.1 Å². The second-order valence-corrected chi connectivity index (χ2v) is 4.29. The molecule has 0 unspecified atom stereocenters. The molecule has 0 aliphatic carbocycles. The molecule has 88 valence electrons. The summed E-state index contributed by atoms with van der Waals surface area (Å²) in [4.78, 5) is 11.8. The van der Waals surface area contributed by atoms with E-state index in [0.29, 0.717) is 0 Å². The number of para-hydroxylation sites is 1. The molecule has 0 radical (unpaired) electrons. The van der Waals surface area contributed by atoms with E-state index in [-0.39, 0.29) is 20.9 Å². The molecule has 0 aliphatic heterocycles. The highest BCUT2D eigenvalue weighted by Gasteiger charge is 2.16. The van der Waals surface area contributed by atoms with Gasteiger partial charge >= 0.3 is 0 Å². The van der Waals surface area contributed by atoms with Crippen LogP contribution in [0.3, 0.4) is 0 Å². The van der Waals surface area contributed by atoms with E-state index in [0.717, 1.165) is 0 Å². The van der Waals surface area contributed by atoms with Gasteiger partial charge in [-0.25, -0.2) is 4.39 Å². The average molecular weight is 319 g/mol. The van der Waals surface area contributed by atoms with E-state index >= 15 is 0 Å². The van der Waals surface area contributed by atoms with Gasteiger partial charge in [-0.15, -0.1) is 0 Å². The number of anilines is 1. The van der Waals surface area contributed by atoms with E-state index in [1.165, 1.54) is 30.5 Å². The highest BCUT2D eigenvalue weighted by atomic mass is 79.9. The minimum atomic E-state index is -0.592. The molecule has 0 bridgehead atoms. The van der Waals surface area contributed by atoms with Gasteiger partial charge in [0.25, 0.3) is 5.91 Å². The van der Waals surface area contributed by atoms with Crippen molar-refractivity contribution in [2.24, 2.45) is 0 Å². The second kappa shape index (κ2) is 4.89. The smallest absolute Gasteiger partial charge is 0.260 e. The third kappa shape index (κ3) is 2.50. The van der Waals surface area contributed by atoms with E-state index in [2.05, 4.69) is 21.2 Å². The minimum Gasteiger partial charge on any atom is -0.457 e. The number of hydrogen-bond donors (Lipinski definition) is 1. The Balaban J connectivity index is 2.28. The summed E-state index contributed by atoms with van der Waals surface area (Å²) in [7, 11) is 0. The SMILES string of the molecule is O=C(Nc1c(F)cccc1Cl)c1ccoc1Br. The maximum Gasteiger partial charge on any atom is 0.260 e. The van der Waals surface area contributed by atoms with Crippen LogP contribution in [0, 0.1) is 5.82 Å². The summed E-state index contributed by atoms with van der Waals surface area (Å²) in [6.07, 6.45) is 1.35. The summed E-state index contributed by atoms with van der Waals surface area (Å²) in [6.45, 7) is 0. The molecule has 1 heterocycles. The van der Waals surface area contributed by atoms with E-state index in [9.17, 15) is 9.18 Å². The average Bonchev–Trinajstić information content (AvgIpc) is 2.70. The number of rotatable bonds is 2. The standard InChI is InChI=1S/C11H6BrClFNO2/c12-10-6(4-5-17-10)11(16)15-9-7(13)2-1-3-8(9)14/h1-5H,(H,15,16). The molecular formula is C11H6BrClFNO2. The number of furan rings is 1. The Kier molecular flexibility index (Phi) is 3.49. The van der Waals surface area contributed by atoms with Crippen molar-refractivity contribution in [2.75, 3.05) is 5.32 Å². The quantitative estimate of drug-likeness (QED) is 0.906. The second-order valence-electron chi connectivity index (χ2n) is 3.16. The van der Waals surface area contributed by atoms with E-state index < -0.39 is 11.7 Å². The van der Waals surface area contributed by atoms with Crippen LogP contribution in [0.2, 0.25) is 5.02 Å². The van der Waals surface area contributed by atoms with Crippen LogP contribution in [0.4, 0.5) is 10.1 Å². The van der Waals surface area contributed by atoms with Crippen molar-refractivity contribution < 1.29 is 13.6 Å². The maximum atomic E-state index is 13.4. The first-order valence-electron chi connectivity index (χ1n) is 4.58. The molecule has 17 heavy (non-hydrogen) atoms. The first-order chi connectivity index (χ1) is 8.09. The zero-order chi connectivity index (χ0) is 12.4. The number of hydrogen-bond acceptors (Lipinski definition) is 2. The van der Waals surface area contributed by atoms with E-state index in [1.54, 1.807) is 0 Å². The van der Waals surface area contributed by atoms with Crippen LogP contribution in [-0.2, 0) is 0 Å². The topological polar surface area (TPSA) is 42.2 Å². The molecular weight excluding hydrogens is 312 g/mol. The van der Waals surface area contributed by atoms with Crippen LogP contribution in [0.5, 0.6) is 0 Å². The third-order valence-corrected chi connectivity index (χ3v) is 2.99. The lowest BCUT2D eigenvalue weighted by Crippen LogP contribution is -2.13. The van der Waals surface area contributed by atoms with Crippen LogP contribution in [0.1, 0.15) is 10.4 Å². The zero-order valence-electron chi connectivity index (χ0n) is 8.34. The van der Waals surface area contributed by atoms with Crippen molar-refractivity contribution in [3.8, 4) is 0 Å². The largest absolute Gasteiger partial charge is 0.457 e. The van der Waals surface area contributed by atoms with Gasteiger partial charge in [0.1, 0.15) is 5.82 Å². The van der Waals surface area contributed by atoms with Gasteiger partial charge in [0, 0.05) is 0 Å². The van der Waals surface area contributed by atoms with Gasteiger partial charge in [-0.2, -0.15) is 0 Å². The molecule has 2 aromatic rings. The molecule has 3 nitrogen and oxygen atoms in total. The highest BCUT2D eigenvalue weighted by molar-refractivity contribution is 9.10. The number of carbonyl (C=O) groups excluding carboxylic acids is 1. The van der Waals surface area contributed by atoms with Gasteiger partial charge in [0.2, 0.25) is 0 Å². The Labute approximate surface area is 110 Å². The zero-order valence-corrected chi connectivity index (χ0v) is 10.7. The van der Waals surface area contributed by atoms with Crippen molar-refractivity contribution in [1.82, 2.24) is 0 Å². The molecule has 0 saturated carbocycles. The highest BCUT2D eigenvalue weighted by Crippen LogP contribution is 2.26. The maximum absolute atomic E-state index is 13.4. The van der Waals surface area contributed by atoms with Crippen LogP contribution >= 0.6 is 27.5 Å². The van der Waals surface area contributed by atoms with Gasteiger partial charge in [-0.05, 0) is 34.1 Å². The third-order valence-electron chi connectivity index (χ3n) is 2.06. The summed E-state index contributed by atoms with van der Waals surface area (Å²) >= 11 is 8.85. The number of carbonyl (C=O) groups is 1. The Morgan fingerprint density at radius 3 is 2.76 bits per heavy atom. The Morgan fingerprint density at radius 2 is 2.18 bits per heavy atom. The molecule has 6 heteroatoms. The first kappa shape index (κ1) is 12.1. The molecule has 1 aromatic carbocycles. The lowest BCUT2D eigenvalue weighted by atomic mass is 10.2. The number of benzene rings is 1. The van der Waals surface area contributed by atoms with Gasteiger partial charge in [0.05, 0.1) is 22.5 Å². The predicted octanol–water partition coefficient (Wildman–Crippen LogP) is 4.09. The molecule has 1 amide bonds. The summed E-state index contributed by atoms with van der Waals surface area (Å²) in [5.41, 5.74) is 0.219. The van der Waals surface area contributed by atoms with Crippen molar-refractivity contribution in [3.05, 3.63) is 51.6 Å². The number of nitrogens with one attached hydrogen (secondary N) is 1. The fraction of sp³-hybridized carbons (Fsp3) is 0. The van der Waals surface area contributed by atoms with Crippen molar-refractivity contribution in [1.29, 1.82) is 0 Å². The predicted molar refractivity (Wildman–Crippen MR) is 65.8 cm³/mol. The Morgan fingerprint density at radius 1 is 1.41 bits per heavy atom. The molecule has 0 fully saturated rings. The van der Waals surface area contributed by atoms with Crippen LogP contribution < -0.4 is 5.32 Å². The molecule has 0 atom stereocenters. The van der Waals surface area contributed by atoms with Crippen molar-refractivity contribution in [3.63, 3.8) is 0 Å². The monoisotopic (exact) mass is 317 g/mol. The fourth-order valence-corrected chi connectivity index (χ4v) is 1.88. The van der Waals surface area contributed by atoms with Gasteiger partial charge in [0.15, 0.2) is 4.67 Å². The molecule has 0 saturated heterocycles. The van der Waals surface area contributed by atoms with Crippen LogP contribution in [0.25, 0.3) is 0 Å². The fourth-order valence-electron chi connectivity index (χ4n) is 1.25. The number of amides is 1. The summed E-state index contributed by atoms with van der Waals surface area (Å²) in [6, 6.07) is 5.63. The normalized spacial score (nSPS) is 10.3. The van der Waals surface area contributed by atoms with Crippen LogP contribution in [0.15, 0.2) is 39.6 Å². The Bertz CT molecular complexity index is 550. The van der Waals surface area contributed by atoms with Gasteiger partial charge in [-0.3, -0.25) is 4.79 Å². The van der Waals surface area contributed by atoms with E-state index in [1.807, 2.05) is 0 Å². The lowest BCUT2D eigenvalue weighted by Gasteiger charge is -2.07. The molecule has 1 aromatic heterocycles. The molecule has 2 rings (SSSR count). The van der Waals surface area contributed by atoms with Gasteiger partial charge in [-0.1, -0.05) is 17.7 Å². The minimum absolute atomic E-state index is 0.0488.